The fourth-order valence-corrected chi connectivity index (χ4v) is 1.78. The molecule has 72 valence electrons. The van der Waals surface area contributed by atoms with Gasteiger partial charge in [-0.1, -0.05) is 37.5 Å². The van der Waals surface area contributed by atoms with Gasteiger partial charge in [-0.2, -0.15) is 0 Å². The van der Waals surface area contributed by atoms with E-state index in [4.69, 9.17) is 6.11 Å². The highest BCUT2D eigenvalue weighted by molar-refractivity contribution is 5.42. The zero-order valence-corrected chi connectivity index (χ0v) is 8.29. The first-order valence-corrected chi connectivity index (χ1v) is 5.04. The minimum Gasteiger partial charge on any atom is -0.364 e. The van der Waals surface area contributed by atoms with Crippen molar-refractivity contribution in [3.63, 3.8) is 0 Å². The Labute approximate surface area is 86.5 Å². The summed E-state index contributed by atoms with van der Waals surface area (Å²) in [5.41, 5.74) is 2.06. The van der Waals surface area contributed by atoms with Crippen LogP contribution in [0.1, 0.15) is 38.4 Å². The van der Waals surface area contributed by atoms with Crippen LogP contribution >= 0.6 is 0 Å². The van der Waals surface area contributed by atoms with Gasteiger partial charge in [-0.05, 0) is 18.1 Å². The van der Waals surface area contributed by atoms with Gasteiger partial charge in [-0.25, -0.2) is 0 Å². The van der Waals surface area contributed by atoms with Gasteiger partial charge >= 0.3 is 0 Å². The van der Waals surface area contributed by atoms with E-state index in [1.807, 2.05) is 24.3 Å². The van der Waals surface area contributed by atoms with E-state index in [0.29, 0.717) is 6.10 Å². The van der Waals surface area contributed by atoms with Crippen molar-refractivity contribution >= 4 is 0 Å². The van der Waals surface area contributed by atoms with Crippen molar-refractivity contribution in [2.24, 2.45) is 0 Å². The van der Waals surface area contributed by atoms with Gasteiger partial charge < -0.3 is 4.74 Å². The molecule has 1 heterocycles. The third-order valence-corrected chi connectivity index (χ3v) is 2.56. The van der Waals surface area contributed by atoms with Crippen LogP contribution in [0.15, 0.2) is 24.3 Å². The highest BCUT2D eigenvalue weighted by Gasteiger charge is 2.39. The zero-order chi connectivity index (χ0) is 10.7. The standard InChI is InChI=1S/C13H14O/c1-3-7-12-13(14-12)11-9-6-5-8-10(11)4-2/h2,5-6,8-9,12-13H,3,7H2,1H3/i2D. The summed E-state index contributed by atoms with van der Waals surface area (Å²) >= 11 is 0. The average molecular weight is 187 g/mol. The molecule has 1 nitrogen and oxygen atoms in total. The first kappa shape index (κ1) is 8.08. The van der Waals surface area contributed by atoms with Gasteiger partial charge in [0.15, 0.2) is 0 Å². The second-order valence-electron chi connectivity index (χ2n) is 3.60. The van der Waals surface area contributed by atoms with E-state index in [-0.39, 0.29) is 6.10 Å². The number of benzene rings is 1. The Bertz CT molecular complexity index is 402. The number of hydrogen-bond acceptors (Lipinski definition) is 1. The summed E-state index contributed by atoms with van der Waals surface area (Å²) in [5.74, 6) is 2.80. The van der Waals surface area contributed by atoms with Crippen LogP contribution in [0.25, 0.3) is 0 Å². The fraction of sp³-hybridized carbons (Fsp3) is 0.385. The predicted molar refractivity (Wildman–Crippen MR) is 56.9 cm³/mol. The zero-order valence-electron chi connectivity index (χ0n) is 9.29. The van der Waals surface area contributed by atoms with Crippen LogP contribution in [-0.2, 0) is 4.74 Å². The second kappa shape index (κ2) is 3.86. The minimum absolute atomic E-state index is 0.210. The lowest BCUT2D eigenvalue weighted by molar-refractivity contribution is 0.364. The maximum Gasteiger partial charge on any atom is 0.124 e. The molecule has 0 aromatic heterocycles. The Morgan fingerprint density at radius 1 is 1.57 bits per heavy atom. The van der Waals surface area contributed by atoms with Crippen LogP contribution in [-0.4, -0.2) is 6.10 Å². The van der Waals surface area contributed by atoms with E-state index < -0.39 is 0 Å². The Kier molecular flexibility index (Phi) is 2.23. The first-order valence-electron chi connectivity index (χ1n) is 5.54. The Morgan fingerprint density at radius 3 is 3.21 bits per heavy atom. The van der Waals surface area contributed by atoms with Crippen LogP contribution in [0.5, 0.6) is 0 Å². The molecular formula is C13H14O. The summed E-state index contributed by atoms with van der Waals surface area (Å²) in [6, 6.07) is 7.93. The Balaban J connectivity index is 2.17. The average Bonchev–Trinajstić information content (AvgIpc) is 2.99. The summed E-state index contributed by atoms with van der Waals surface area (Å²) in [6.45, 7) is 2.16. The van der Waals surface area contributed by atoms with Crippen LogP contribution in [0.4, 0.5) is 0 Å². The monoisotopic (exact) mass is 187 g/mol. The SMILES string of the molecule is [2H]C#Cc1ccccc1C1OC1CCC. The molecule has 0 saturated carbocycles. The summed E-state index contributed by atoms with van der Waals surface area (Å²) in [7, 11) is 0. The molecule has 0 N–H and O–H groups in total. The highest BCUT2D eigenvalue weighted by Crippen LogP contribution is 2.42. The normalized spacial score (nSPS) is 24.8. The predicted octanol–water partition coefficient (Wildman–Crippen LogP) is 2.91. The molecule has 0 amide bonds. The fourth-order valence-electron chi connectivity index (χ4n) is 1.78. The molecule has 1 heteroatoms. The quantitative estimate of drug-likeness (QED) is 0.523. The van der Waals surface area contributed by atoms with Crippen molar-refractivity contribution in [2.75, 3.05) is 0 Å². The van der Waals surface area contributed by atoms with Crippen LogP contribution in [0.3, 0.4) is 0 Å². The molecule has 1 saturated heterocycles. The molecule has 14 heavy (non-hydrogen) atoms. The third-order valence-electron chi connectivity index (χ3n) is 2.56. The maximum atomic E-state index is 6.93. The van der Waals surface area contributed by atoms with Gasteiger partial charge in [0.1, 0.15) is 7.47 Å². The topological polar surface area (TPSA) is 12.5 Å². The number of ether oxygens (including phenoxy) is 1. The molecule has 0 bridgehead atoms. The summed E-state index contributed by atoms with van der Waals surface area (Å²) in [5, 5.41) is 0. The summed E-state index contributed by atoms with van der Waals surface area (Å²) in [6.07, 6.45) is 5.02. The Morgan fingerprint density at radius 2 is 2.43 bits per heavy atom. The molecule has 0 spiro atoms. The van der Waals surface area contributed by atoms with E-state index in [1.165, 1.54) is 0 Å². The molecule has 0 aliphatic carbocycles. The van der Waals surface area contributed by atoms with Gasteiger partial charge in [-0.15, -0.1) is 6.40 Å². The van der Waals surface area contributed by atoms with Gasteiger partial charge in [0.05, 0.1) is 6.10 Å². The smallest absolute Gasteiger partial charge is 0.124 e. The molecule has 1 aromatic carbocycles. The van der Waals surface area contributed by atoms with E-state index in [9.17, 15) is 0 Å². The van der Waals surface area contributed by atoms with E-state index in [0.717, 1.165) is 24.0 Å². The minimum atomic E-state index is 0.210. The number of rotatable bonds is 3. The largest absolute Gasteiger partial charge is 0.364 e. The van der Waals surface area contributed by atoms with E-state index >= 15 is 0 Å². The molecule has 1 aromatic rings. The molecule has 2 rings (SSSR count). The van der Waals surface area contributed by atoms with Crippen molar-refractivity contribution in [1.29, 1.82) is 0 Å². The van der Waals surface area contributed by atoms with Crippen LogP contribution in [0.2, 0.25) is 0 Å². The second-order valence-corrected chi connectivity index (χ2v) is 3.60. The van der Waals surface area contributed by atoms with E-state index in [2.05, 4.69) is 19.2 Å². The van der Waals surface area contributed by atoms with Crippen LogP contribution < -0.4 is 0 Å². The number of hydrogen-bond donors (Lipinski definition) is 0. The Hall–Kier alpha value is -1.26. The lowest BCUT2D eigenvalue weighted by Crippen LogP contribution is -1.91. The van der Waals surface area contributed by atoms with E-state index in [1.54, 1.807) is 0 Å². The lowest BCUT2D eigenvalue weighted by atomic mass is 10.0. The number of terminal acetylenes is 1. The van der Waals surface area contributed by atoms with Gasteiger partial charge in [0, 0.05) is 5.56 Å². The van der Waals surface area contributed by atoms with Crippen molar-refractivity contribution in [2.45, 2.75) is 32.0 Å². The molecule has 2 atom stereocenters. The molecule has 1 fully saturated rings. The van der Waals surface area contributed by atoms with Crippen LogP contribution in [0, 0.1) is 12.3 Å². The highest BCUT2D eigenvalue weighted by atomic mass is 16.6. The van der Waals surface area contributed by atoms with Crippen molar-refractivity contribution in [3.05, 3.63) is 35.4 Å². The van der Waals surface area contributed by atoms with Crippen molar-refractivity contribution in [1.82, 2.24) is 0 Å². The lowest BCUT2D eigenvalue weighted by Gasteiger charge is -1.99. The molecule has 1 aliphatic heterocycles. The summed E-state index contributed by atoms with van der Waals surface area (Å²) < 4.78 is 12.5. The maximum absolute atomic E-state index is 6.93. The third kappa shape index (κ3) is 1.66. The first-order chi connectivity index (χ1) is 7.36. The van der Waals surface area contributed by atoms with Gasteiger partial charge in [-0.3, -0.25) is 0 Å². The van der Waals surface area contributed by atoms with Crippen molar-refractivity contribution < 1.29 is 6.11 Å². The summed E-state index contributed by atoms with van der Waals surface area (Å²) in [4.78, 5) is 0. The van der Waals surface area contributed by atoms with Crippen molar-refractivity contribution in [3.8, 4) is 12.3 Å². The molecular weight excluding hydrogens is 172 g/mol. The number of epoxide rings is 1. The molecule has 0 radical (unpaired) electrons. The molecule has 1 aliphatic rings. The van der Waals surface area contributed by atoms with Gasteiger partial charge in [0.25, 0.3) is 0 Å². The van der Waals surface area contributed by atoms with Gasteiger partial charge in [0.2, 0.25) is 0 Å². The molecule has 2 unspecified atom stereocenters.